The topological polar surface area (TPSA) is 26.3 Å². The van der Waals surface area contributed by atoms with E-state index in [1.807, 2.05) is 0 Å². The van der Waals surface area contributed by atoms with Crippen LogP contribution in [0.25, 0.3) is 0 Å². The quantitative estimate of drug-likeness (QED) is 0.414. The second-order valence-electron chi connectivity index (χ2n) is 2.97. The first-order valence-corrected chi connectivity index (χ1v) is 3.19. The molecular formula is C8H14O2. The van der Waals surface area contributed by atoms with E-state index in [0.717, 1.165) is 6.08 Å². The van der Waals surface area contributed by atoms with E-state index in [4.69, 9.17) is 6.11 Å². The zero-order valence-electron chi connectivity index (χ0n) is 7.89. The van der Waals surface area contributed by atoms with Crippen molar-refractivity contribution in [2.24, 2.45) is 0 Å². The molecule has 0 bridgehead atoms. The first kappa shape index (κ1) is 7.32. The van der Waals surface area contributed by atoms with Crippen LogP contribution in [-0.2, 0) is 9.53 Å². The number of allylic oxidation sites excluding steroid dienone is 1. The van der Waals surface area contributed by atoms with E-state index in [2.05, 4.69) is 0 Å². The second kappa shape index (κ2) is 3.40. The highest BCUT2D eigenvalue weighted by Gasteiger charge is 2.13. The Hall–Kier alpha value is -0.790. The van der Waals surface area contributed by atoms with Crippen molar-refractivity contribution in [2.75, 3.05) is 0 Å². The minimum absolute atomic E-state index is 0.208. The number of carbonyl (C=O) groups is 1. The Kier molecular flexibility index (Phi) is 2.49. The standard InChI is InChI=1S/C8H14O2/c1-5-6-7(9)10-8(2,3)4/h5-6H,1-4H3/b6-5+/i5D. The Balaban J connectivity index is 4.00. The summed E-state index contributed by atoms with van der Waals surface area (Å²) in [6.45, 7) is 6.90. The van der Waals surface area contributed by atoms with Gasteiger partial charge in [-0.1, -0.05) is 6.05 Å². The van der Waals surface area contributed by atoms with E-state index in [0.29, 0.717) is 0 Å². The van der Waals surface area contributed by atoms with Gasteiger partial charge >= 0.3 is 5.97 Å². The monoisotopic (exact) mass is 143 g/mol. The average molecular weight is 143 g/mol. The summed E-state index contributed by atoms with van der Waals surface area (Å²) in [6.07, 6.45) is 1.16. The molecule has 0 aromatic carbocycles. The smallest absolute Gasteiger partial charge is 0.330 e. The summed E-state index contributed by atoms with van der Waals surface area (Å²) in [5, 5.41) is 0. The fourth-order valence-corrected chi connectivity index (χ4v) is 0.449. The second-order valence-corrected chi connectivity index (χ2v) is 2.97. The maximum atomic E-state index is 10.9. The molecule has 0 fully saturated rings. The third kappa shape index (κ3) is 5.35. The summed E-state index contributed by atoms with van der Waals surface area (Å²) in [7, 11) is 0. The largest absolute Gasteiger partial charge is 0.457 e. The highest BCUT2D eigenvalue weighted by atomic mass is 16.6. The lowest BCUT2D eigenvalue weighted by Crippen LogP contribution is -2.22. The Morgan fingerprint density at radius 2 is 2.10 bits per heavy atom. The number of esters is 1. The number of hydrogen-bond acceptors (Lipinski definition) is 2. The molecule has 0 unspecified atom stereocenters. The lowest BCUT2D eigenvalue weighted by Gasteiger charge is -2.17. The minimum atomic E-state index is -0.469. The number of carbonyl (C=O) groups excluding carboxylic acids is 1. The first-order valence-electron chi connectivity index (χ1n) is 3.69. The molecule has 10 heavy (non-hydrogen) atoms. The molecule has 0 aliphatic rings. The van der Waals surface area contributed by atoms with Crippen molar-refractivity contribution in [1.82, 2.24) is 0 Å². The molecule has 0 aliphatic heterocycles. The number of rotatable bonds is 1. The van der Waals surface area contributed by atoms with Crippen molar-refractivity contribution in [1.29, 1.82) is 0 Å². The normalized spacial score (nSPS) is 14.4. The molecule has 2 heteroatoms. The van der Waals surface area contributed by atoms with E-state index < -0.39 is 11.6 Å². The summed E-state index contributed by atoms with van der Waals surface area (Å²) >= 11 is 0. The van der Waals surface area contributed by atoms with Gasteiger partial charge in [-0.3, -0.25) is 0 Å². The van der Waals surface area contributed by atoms with Gasteiger partial charge in [0.2, 0.25) is 0 Å². The minimum Gasteiger partial charge on any atom is -0.457 e. The van der Waals surface area contributed by atoms with Gasteiger partial charge in [0, 0.05) is 6.08 Å². The van der Waals surface area contributed by atoms with Crippen molar-refractivity contribution in [2.45, 2.75) is 33.3 Å². The third-order valence-corrected chi connectivity index (χ3v) is 0.669. The molecular weight excluding hydrogens is 128 g/mol. The third-order valence-electron chi connectivity index (χ3n) is 0.669. The zero-order valence-corrected chi connectivity index (χ0v) is 6.89. The molecule has 0 heterocycles. The molecule has 0 saturated carbocycles. The number of ether oxygens (including phenoxy) is 1. The summed E-state index contributed by atoms with van der Waals surface area (Å²) in [6, 6.07) is 0.208. The van der Waals surface area contributed by atoms with Gasteiger partial charge in [-0.05, 0) is 27.7 Å². The van der Waals surface area contributed by atoms with E-state index in [-0.39, 0.29) is 6.05 Å². The molecule has 58 valence electrons. The predicted molar refractivity (Wildman–Crippen MR) is 40.7 cm³/mol. The van der Waals surface area contributed by atoms with Gasteiger partial charge in [0.05, 0.1) is 1.37 Å². The lowest BCUT2D eigenvalue weighted by molar-refractivity contribution is -0.148. The zero-order chi connectivity index (χ0) is 9.07. The van der Waals surface area contributed by atoms with Gasteiger partial charge in [-0.25, -0.2) is 4.79 Å². The fraction of sp³-hybridized carbons (Fsp3) is 0.625. The summed E-state index contributed by atoms with van der Waals surface area (Å²) in [5.41, 5.74) is -0.469. The van der Waals surface area contributed by atoms with Gasteiger partial charge in [-0.15, -0.1) is 0 Å². The molecule has 0 aromatic heterocycles. The highest BCUT2D eigenvalue weighted by Crippen LogP contribution is 2.06. The molecule has 0 aromatic rings. The molecule has 2 nitrogen and oxygen atoms in total. The van der Waals surface area contributed by atoms with E-state index in [1.165, 1.54) is 6.92 Å². The molecule has 0 atom stereocenters. The van der Waals surface area contributed by atoms with Crippen LogP contribution in [0.5, 0.6) is 0 Å². The predicted octanol–water partition coefficient (Wildman–Crippen LogP) is 1.90. The first-order chi connectivity index (χ1) is 4.81. The molecule has 0 radical (unpaired) electrons. The molecule has 0 aliphatic carbocycles. The lowest BCUT2D eigenvalue weighted by atomic mass is 10.2. The fourth-order valence-electron chi connectivity index (χ4n) is 0.449. The van der Waals surface area contributed by atoms with Gasteiger partial charge < -0.3 is 4.74 Å². The Morgan fingerprint density at radius 3 is 2.40 bits per heavy atom. The molecule has 0 N–H and O–H groups in total. The van der Waals surface area contributed by atoms with Crippen molar-refractivity contribution in [3.8, 4) is 0 Å². The van der Waals surface area contributed by atoms with Crippen LogP contribution < -0.4 is 0 Å². The molecule has 0 saturated heterocycles. The van der Waals surface area contributed by atoms with Gasteiger partial charge in [0.1, 0.15) is 5.60 Å². The van der Waals surface area contributed by atoms with Crippen LogP contribution in [0.1, 0.15) is 29.1 Å². The Morgan fingerprint density at radius 1 is 1.60 bits per heavy atom. The summed E-state index contributed by atoms with van der Waals surface area (Å²) in [4.78, 5) is 10.9. The number of hydrogen-bond donors (Lipinski definition) is 0. The molecule has 0 spiro atoms. The van der Waals surface area contributed by atoms with Gasteiger partial charge in [0.25, 0.3) is 0 Å². The van der Waals surface area contributed by atoms with E-state index in [9.17, 15) is 4.79 Å². The summed E-state index contributed by atoms with van der Waals surface area (Å²) < 4.78 is 11.9. The van der Waals surface area contributed by atoms with Crippen LogP contribution in [0.3, 0.4) is 0 Å². The molecule has 0 rings (SSSR count). The van der Waals surface area contributed by atoms with Crippen LogP contribution >= 0.6 is 0 Å². The van der Waals surface area contributed by atoms with Crippen LogP contribution in [0.4, 0.5) is 0 Å². The average Bonchev–Trinajstić information content (AvgIpc) is 1.53. The van der Waals surface area contributed by atoms with Gasteiger partial charge in [-0.2, -0.15) is 0 Å². The van der Waals surface area contributed by atoms with Crippen molar-refractivity contribution >= 4 is 5.97 Å². The SMILES string of the molecule is [2H]/C(C)=C\C(=O)OC(C)(C)C. The van der Waals surface area contributed by atoms with Gasteiger partial charge in [0.15, 0.2) is 0 Å². The summed E-state index contributed by atoms with van der Waals surface area (Å²) in [5.74, 6) is -0.454. The van der Waals surface area contributed by atoms with Crippen molar-refractivity contribution in [3.63, 3.8) is 0 Å². The van der Waals surface area contributed by atoms with Crippen LogP contribution in [0, 0.1) is 0 Å². The maximum Gasteiger partial charge on any atom is 0.330 e. The molecule has 0 amide bonds. The van der Waals surface area contributed by atoms with Crippen LogP contribution in [-0.4, -0.2) is 11.6 Å². The maximum absolute atomic E-state index is 10.9. The Labute approximate surface area is 63.3 Å². The Bertz CT molecular complexity index is 173. The van der Waals surface area contributed by atoms with E-state index >= 15 is 0 Å². The van der Waals surface area contributed by atoms with E-state index in [1.54, 1.807) is 20.8 Å². The van der Waals surface area contributed by atoms with Crippen molar-refractivity contribution in [3.05, 3.63) is 12.1 Å². The van der Waals surface area contributed by atoms with Crippen molar-refractivity contribution < 1.29 is 10.9 Å². The van der Waals surface area contributed by atoms with Crippen LogP contribution in [0.15, 0.2) is 12.1 Å². The van der Waals surface area contributed by atoms with Crippen LogP contribution in [0.2, 0.25) is 0 Å². The highest BCUT2D eigenvalue weighted by molar-refractivity contribution is 5.82.